The fraction of sp³-hybridized carbons (Fsp3) is 0.0526. The molecule has 0 saturated carbocycles. The van der Waals surface area contributed by atoms with Crippen LogP contribution in [-0.2, 0) is 0 Å². The van der Waals surface area contributed by atoms with Crippen LogP contribution >= 0.6 is 15.8 Å². The fourth-order valence-electron chi connectivity index (χ4n) is 9.25. The molecule has 286 valence electrons. The van der Waals surface area contributed by atoms with Gasteiger partial charge in [-0.15, -0.1) is 0 Å². The van der Waals surface area contributed by atoms with E-state index in [2.05, 4.69) is 232 Å². The van der Waals surface area contributed by atoms with Crippen molar-refractivity contribution >= 4 is 64.7 Å². The van der Waals surface area contributed by atoms with Crippen molar-refractivity contribution in [1.29, 1.82) is 0 Å². The van der Waals surface area contributed by atoms with E-state index in [-0.39, 0.29) is 0 Å². The van der Waals surface area contributed by atoms with Crippen molar-refractivity contribution in [1.82, 2.24) is 0 Å². The molecule has 9 aromatic carbocycles. The molecule has 1 nitrogen and oxygen atoms in total. The van der Waals surface area contributed by atoms with Crippen LogP contribution in [0.25, 0.3) is 44.5 Å². The monoisotopic (exact) mass is 803 g/mol. The van der Waals surface area contributed by atoms with Crippen LogP contribution in [0.15, 0.2) is 206 Å². The molecule has 60 heavy (non-hydrogen) atoms. The third-order valence-electron chi connectivity index (χ3n) is 12.2. The highest BCUT2D eigenvalue weighted by molar-refractivity contribution is 7.82. The van der Waals surface area contributed by atoms with E-state index in [1.807, 2.05) is 0 Å². The molecule has 11 rings (SSSR count). The first-order valence-electron chi connectivity index (χ1n) is 20.8. The van der Waals surface area contributed by atoms with Gasteiger partial charge in [-0.3, -0.25) is 0 Å². The summed E-state index contributed by atoms with van der Waals surface area (Å²) < 4.78 is 0. The number of anilines is 3. The average molecular weight is 804 g/mol. The lowest BCUT2D eigenvalue weighted by molar-refractivity contribution is 1.30. The Hall–Kier alpha value is -6.36. The van der Waals surface area contributed by atoms with Gasteiger partial charge in [-0.05, 0) is 157 Å². The second kappa shape index (κ2) is 15.0. The zero-order valence-electron chi connectivity index (χ0n) is 34.0. The molecule has 2 aliphatic heterocycles. The van der Waals surface area contributed by atoms with Gasteiger partial charge in [0.15, 0.2) is 0 Å². The van der Waals surface area contributed by atoms with Crippen molar-refractivity contribution in [2.24, 2.45) is 0 Å². The predicted octanol–water partition coefficient (Wildman–Crippen LogP) is 12.9. The Bertz CT molecular complexity index is 2890. The molecule has 0 bridgehead atoms. The lowest BCUT2D eigenvalue weighted by Gasteiger charge is -2.45. The minimum atomic E-state index is -0.893. The normalized spacial score (nSPS) is 14.9. The molecule has 3 heteroatoms. The van der Waals surface area contributed by atoms with Crippen LogP contribution in [-0.4, -0.2) is 0 Å². The van der Waals surface area contributed by atoms with E-state index in [1.165, 1.54) is 110 Å². The van der Waals surface area contributed by atoms with E-state index in [0.29, 0.717) is 0 Å². The summed E-state index contributed by atoms with van der Waals surface area (Å²) >= 11 is 0. The third kappa shape index (κ3) is 6.24. The molecule has 2 aliphatic rings. The number of benzene rings is 9. The van der Waals surface area contributed by atoms with Gasteiger partial charge in [0.1, 0.15) is 0 Å². The van der Waals surface area contributed by atoms with Gasteiger partial charge >= 0.3 is 0 Å². The van der Waals surface area contributed by atoms with Crippen molar-refractivity contribution in [3.05, 3.63) is 223 Å². The summed E-state index contributed by atoms with van der Waals surface area (Å²) in [6.45, 7) is 6.89. The average Bonchev–Trinajstić information content (AvgIpc) is 3.30. The minimum absolute atomic E-state index is 0.893. The number of aryl methyl sites for hydroxylation is 3. The maximum atomic E-state index is 2.64. The standard InChI is InChI=1S/C57H43NP2/c1-38-32-55-57-56(33-38)60(52-27-13-11-17-40(52)3)54-37-48(46-25-15-23-44(35-46)42-20-8-5-9-21-42)29-31-50(54)58(57)49-30-28-47(36-53(49)59(55)51-26-12-10-16-39(51)2)45-24-14-22-43(34-45)41-18-6-4-7-19-41/h4-37H,1-3H3. The molecule has 2 unspecified atom stereocenters. The molecular weight excluding hydrogens is 761 g/mol. The quantitative estimate of drug-likeness (QED) is 0.151. The minimum Gasteiger partial charge on any atom is -0.308 e. The third-order valence-corrected chi connectivity index (χ3v) is 17.4. The summed E-state index contributed by atoms with van der Waals surface area (Å²) in [6, 6.07) is 77.3. The summed E-state index contributed by atoms with van der Waals surface area (Å²) in [5.41, 5.74) is 17.8. The number of hydrogen-bond acceptors (Lipinski definition) is 1. The number of nitrogens with zero attached hydrogens (tertiary/aromatic N) is 1. The Morgan fingerprint density at radius 3 is 1.08 bits per heavy atom. The summed E-state index contributed by atoms with van der Waals surface area (Å²) in [7, 11) is -1.79. The molecule has 9 aromatic rings. The highest BCUT2D eigenvalue weighted by Crippen LogP contribution is 2.56. The van der Waals surface area contributed by atoms with Gasteiger partial charge in [-0.1, -0.05) is 158 Å². The van der Waals surface area contributed by atoms with Crippen LogP contribution < -0.4 is 36.7 Å². The molecule has 0 amide bonds. The van der Waals surface area contributed by atoms with Gasteiger partial charge in [0.25, 0.3) is 0 Å². The largest absolute Gasteiger partial charge is 0.308 e. The molecule has 0 saturated heterocycles. The van der Waals surface area contributed by atoms with Crippen molar-refractivity contribution in [2.75, 3.05) is 4.90 Å². The van der Waals surface area contributed by atoms with E-state index in [9.17, 15) is 0 Å². The Morgan fingerprint density at radius 1 is 0.283 bits per heavy atom. The van der Waals surface area contributed by atoms with Crippen molar-refractivity contribution in [2.45, 2.75) is 20.8 Å². The van der Waals surface area contributed by atoms with Gasteiger partial charge in [-0.25, -0.2) is 0 Å². The van der Waals surface area contributed by atoms with Gasteiger partial charge in [0, 0.05) is 21.2 Å². The molecule has 0 fully saturated rings. The summed E-state index contributed by atoms with van der Waals surface area (Å²) in [6.07, 6.45) is 0. The maximum Gasteiger partial charge on any atom is 0.0629 e. The van der Waals surface area contributed by atoms with E-state index in [1.54, 1.807) is 0 Å². The van der Waals surface area contributed by atoms with Crippen LogP contribution in [0, 0.1) is 20.8 Å². The van der Waals surface area contributed by atoms with E-state index >= 15 is 0 Å². The Balaban J connectivity index is 1.16. The smallest absolute Gasteiger partial charge is 0.0629 e. The second-order valence-electron chi connectivity index (χ2n) is 16.0. The summed E-state index contributed by atoms with van der Waals surface area (Å²) in [5, 5.41) is 8.55. The number of fused-ring (bicyclic) bond motifs is 4. The van der Waals surface area contributed by atoms with Crippen molar-refractivity contribution in [3.8, 4) is 44.5 Å². The first kappa shape index (κ1) is 36.7. The van der Waals surface area contributed by atoms with E-state index in [0.717, 1.165) is 0 Å². The van der Waals surface area contributed by atoms with Crippen LogP contribution in [0.2, 0.25) is 0 Å². The van der Waals surface area contributed by atoms with Gasteiger partial charge in [0.2, 0.25) is 0 Å². The van der Waals surface area contributed by atoms with Crippen molar-refractivity contribution < 1.29 is 0 Å². The zero-order valence-corrected chi connectivity index (χ0v) is 35.8. The number of rotatable bonds is 6. The van der Waals surface area contributed by atoms with Gasteiger partial charge < -0.3 is 4.90 Å². The topological polar surface area (TPSA) is 3.24 Å². The number of hydrogen-bond donors (Lipinski definition) is 0. The van der Waals surface area contributed by atoms with Crippen LogP contribution in [0.1, 0.15) is 16.7 Å². The van der Waals surface area contributed by atoms with Crippen LogP contribution in [0.3, 0.4) is 0 Å². The van der Waals surface area contributed by atoms with Gasteiger partial charge in [-0.2, -0.15) is 0 Å². The molecule has 0 radical (unpaired) electrons. The first-order chi connectivity index (χ1) is 29.5. The summed E-state index contributed by atoms with van der Waals surface area (Å²) in [5.74, 6) is 0. The Morgan fingerprint density at radius 2 is 0.650 bits per heavy atom. The molecule has 2 atom stereocenters. The Labute approximate surface area is 356 Å². The van der Waals surface area contributed by atoms with Crippen LogP contribution in [0.5, 0.6) is 0 Å². The maximum absolute atomic E-state index is 2.64. The SMILES string of the molecule is Cc1cc2c3c(c1)P(c1ccccc1C)c1cc(-c4cccc(-c5ccccc5)c4)ccc1N3c1ccc(-c3cccc(-c4ccccc4)c3)cc1P2c1ccccc1C. The predicted molar refractivity (Wildman–Crippen MR) is 262 cm³/mol. The van der Waals surface area contributed by atoms with Crippen molar-refractivity contribution in [3.63, 3.8) is 0 Å². The van der Waals surface area contributed by atoms with E-state index < -0.39 is 15.8 Å². The molecule has 2 heterocycles. The molecule has 0 aliphatic carbocycles. The second-order valence-corrected chi connectivity index (χ2v) is 20.3. The molecule has 0 aromatic heterocycles. The highest BCUT2D eigenvalue weighted by Gasteiger charge is 2.42. The lowest BCUT2D eigenvalue weighted by atomic mass is 9.98. The van der Waals surface area contributed by atoms with Gasteiger partial charge in [0.05, 0.1) is 17.1 Å². The zero-order chi connectivity index (χ0) is 40.3. The highest BCUT2D eigenvalue weighted by atomic mass is 31.1. The van der Waals surface area contributed by atoms with Crippen LogP contribution in [0.4, 0.5) is 17.1 Å². The Kier molecular flexibility index (Phi) is 9.19. The molecule has 0 spiro atoms. The fourth-order valence-corrected chi connectivity index (χ4v) is 15.1. The summed E-state index contributed by atoms with van der Waals surface area (Å²) in [4.78, 5) is 2.64. The van der Waals surface area contributed by atoms with E-state index in [4.69, 9.17) is 0 Å². The first-order valence-corrected chi connectivity index (χ1v) is 23.4. The molecular formula is C57H43NP2. The molecule has 0 N–H and O–H groups in total. The lowest BCUT2D eigenvalue weighted by Crippen LogP contribution is -2.44.